The van der Waals surface area contributed by atoms with Crippen LogP contribution < -0.4 is 10.5 Å². The predicted molar refractivity (Wildman–Crippen MR) is 93.3 cm³/mol. The highest BCUT2D eigenvalue weighted by Crippen LogP contribution is 2.32. The lowest BCUT2D eigenvalue weighted by molar-refractivity contribution is 0.340. The first-order valence-electron chi connectivity index (χ1n) is 7.22. The maximum Gasteiger partial charge on any atom is 0.124 e. The molecule has 1 aromatic heterocycles. The average molecular weight is 310 g/mol. The van der Waals surface area contributed by atoms with Crippen LogP contribution in [0, 0.1) is 6.92 Å². The lowest BCUT2D eigenvalue weighted by atomic mass is 10.1. The van der Waals surface area contributed by atoms with E-state index >= 15 is 0 Å². The second-order valence-electron chi connectivity index (χ2n) is 5.07. The van der Waals surface area contributed by atoms with E-state index in [1.165, 1.54) is 0 Å². The first kappa shape index (κ1) is 14.6. The Labute approximate surface area is 134 Å². The van der Waals surface area contributed by atoms with E-state index in [0.29, 0.717) is 6.61 Å². The topological polar surface area (TPSA) is 48.1 Å². The van der Waals surface area contributed by atoms with Crippen LogP contribution in [0.4, 0.5) is 5.69 Å². The van der Waals surface area contributed by atoms with Crippen LogP contribution in [0.25, 0.3) is 21.8 Å². The van der Waals surface area contributed by atoms with Crippen LogP contribution >= 0.6 is 11.3 Å². The average Bonchev–Trinajstić information content (AvgIpc) is 2.97. The number of nitrogens with two attached hydrogens (primary N) is 1. The fourth-order valence-corrected chi connectivity index (χ4v) is 3.20. The van der Waals surface area contributed by atoms with Crippen molar-refractivity contribution in [2.24, 2.45) is 0 Å². The minimum absolute atomic E-state index is 0.676. The summed E-state index contributed by atoms with van der Waals surface area (Å²) in [6.07, 6.45) is 0. The van der Waals surface area contributed by atoms with E-state index < -0.39 is 0 Å². The fourth-order valence-electron chi connectivity index (χ4n) is 2.38. The molecule has 0 radical (unpaired) electrons. The lowest BCUT2D eigenvalue weighted by Gasteiger charge is -2.07. The molecule has 2 N–H and O–H groups in total. The number of nitrogen functional groups attached to an aromatic ring is 1. The van der Waals surface area contributed by atoms with Crippen molar-refractivity contribution in [2.45, 2.75) is 13.8 Å². The summed E-state index contributed by atoms with van der Waals surface area (Å²) in [6.45, 7) is 4.74. The Morgan fingerprint density at radius 3 is 2.77 bits per heavy atom. The Hall–Kier alpha value is -2.33. The van der Waals surface area contributed by atoms with Gasteiger partial charge in [-0.15, -0.1) is 11.3 Å². The summed E-state index contributed by atoms with van der Waals surface area (Å²) in [4.78, 5) is 4.75. The lowest BCUT2D eigenvalue weighted by Crippen LogP contribution is -1.92. The molecule has 0 aliphatic carbocycles. The van der Waals surface area contributed by atoms with Crippen LogP contribution in [-0.2, 0) is 0 Å². The van der Waals surface area contributed by atoms with Gasteiger partial charge in [-0.1, -0.05) is 12.1 Å². The highest BCUT2D eigenvalue weighted by Gasteiger charge is 2.09. The third-order valence-corrected chi connectivity index (χ3v) is 4.31. The van der Waals surface area contributed by atoms with E-state index in [2.05, 4.69) is 24.4 Å². The molecule has 0 amide bonds. The van der Waals surface area contributed by atoms with Crippen molar-refractivity contribution in [1.29, 1.82) is 0 Å². The zero-order valence-corrected chi connectivity index (χ0v) is 13.5. The van der Waals surface area contributed by atoms with Crippen molar-refractivity contribution in [2.75, 3.05) is 12.3 Å². The SMILES string of the molecule is CCOc1ccc(-c2csc(-c3cccc(N)c3)n2)c(C)c1. The van der Waals surface area contributed by atoms with Crippen LogP contribution in [0.15, 0.2) is 47.8 Å². The molecular formula is C18H18N2OS. The highest BCUT2D eigenvalue weighted by molar-refractivity contribution is 7.13. The van der Waals surface area contributed by atoms with Gasteiger partial charge in [0.15, 0.2) is 0 Å². The summed E-state index contributed by atoms with van der Waals surface area (Å²) in [5.74, 6) is 0.898. The Bertz CT molecular complexity index is 795. The van der Waals surface area contributed by atoms with Gasteiger partial charge in [0.2, 0.25) is 0 Å². The number of nitrogens with zero attached hydrogens (tertiary/aromatic N) is 1. The largest absolute Gasteiger partial charge is 0.494 e. The molecule has 3 nitrogen and oxygen atoms in total. The molecule has 0 aliphatic heterocycles. The van der Waals surface area contributed by atoms with E-state index in [1.807, 2.05) is 37.3 Å². The molecule has 4 heteroatoms. The van der Waals surface area contributed by atoms with Crippen molar-refractivity contribution in [1.82, 2.24) is 4.98 Å². The molecule has 0 unspecified atom stereocenters. The van der Waals surface area contributed by atoms with Crippen LogP contribution in [0.3, 0.4) is 0 Å². The number of hydrogen-bond donors (Lipinski definition) is 1. The number of benzene rings is 2. The van der Waals surface area contributed by atoms with Gasteiger partial charge >= 0.3 is 0 Å². The van der Waals surface area contributed by atoms with Crippen LogP contribution in [-0.4, -0.2) is 11.6 Å². The van der Waals surface area contributed by atoms with Gasteiger partial charge in [0.25, 0.3) is 0 Å². The van der Waals surface area contributed by atoms with E-state index in [4.69, 9.17) is 15.5 Å². The minimum Gasteiger partial charge on any atom is -0.494 e. The molecule has 1 heterocycles. The molecule has 22 heavy (non-hydrogen) atoms. The molecule has 2 aromatic carbocycles. The van der Waals surface area contributed by atoms with Crippen molar-refractivity contribution < 1.29 is 4.74 Å². The highest BCUT2D eigenvalue weighted by atomic mass is 32.1. The Balaban J connectivity index is 1.94. The molecule has 0 saturated heterocycles. The predicted octanol–water partition coefficient (Wildman–Crippen LogP) is 4.77. The van der Waals surface area contributed by atoms with Crippen LogP contribution in [0.1, 0.15) is 12.5 Å². The number of anilines is 1. The molecule has 0 aliphatic rings. The van der Waals surface area contributed by atoms with Gasteiger partial charge in [-0.05, 0) is 49.7 Å². The molecule has 0 atom stereocenters. The molecular weight excluding hydrogens is 292 g/mol. The van der Waals surface area contributed by atoms with E-state index in [9.17, 15) is 0 Å². The second-order valence-corrected chi connectivity index (χ2v) is 5.93. The molecule has 112 valence electrons. The Morgan fingerprint density at radius 2 is 2.05 bits per heavy atom. The summed E-state index contributed by atoms with van der Waals surface area (Å²) < 4.78 is 5.53. The fraction of sp³-hybridized carbons (Fsp3) is 0.167. The van der Waals surface area contributed by atoms with Gasteiger partial charge in [-0.25, -0.2) is 4.98 Å². The van der Waals surface area contributed by atoms with Gasteiger partial charge in [-0.2, -0.15) is 0 Å². The van der Waals surface area contributed by atoms with E-state index in [1.54, 1.807) is 11.3 Å². The molecule has 0 bridgehead atoms. The normalized spacial score (nSPS) is 10.6. The number of aryl methyl sites for hydroxylation is 1. The van der Waals surface area contributed by atoms with Gasteiger partial charge in [0.1, 0.15) is 10.8 Å². The summed E-state index contributed by atoms with van der Waals surface area (Å²) in [6, 6.07) is 13.9. The smallest absolute Gasteiger partial charge is 0.124 e. The number of thiazole rings is 1. The van der Waals surface area contributed by atoms with Gasteiger partial charge in [0.05, 0.1) is 12.3 Å². The van der Waals surface area contributed by atoms with Crippen LogP contribution in [0.5, 0.6) is 5.75 Å². The van der Waals surface area contributed by atoms with Crippen molar-refractivity contribution in [3.05, 3.63) is 53.4 Å². The minimum atomic E-state index is 0.676. The van der Waals surface area contributed by atoms with Crippen molar-refractivity contribution in [3.8, 4) is 27.6 Å². The van der Waals surface area contributed by atoms with Crippen molar-refractivity contribution in [3.63, 3.8) is 0 Å². The first-order chi connectivity index (χ1) is 10.7. The summed E-state index contributed by atoms with van der Waals surface area (Å²) in [5, 5.41) is 3.07. The molecule has 0 spiro atoms. The Kier molecular flexibility index (Phi) is 4.11. The van der Waals surface area contributed by atoms with Crippen molar-refractivity contribution >= 4 is 17.0 Å². The standard InChI is InChI=1S/C18H18N2OS/c1-3-21-15-7-8-16(12(2)9-15)17-11-22-18(20-17)13-5-4-6-14(19)10-13/h4-11H,3,19H2,1-2H3. The zero-order chi connectivity index (χ0) is 15.5. The molecule has 3 aromatic rings. The van der Waals surface area contributed by atoms with Gasteiger partial charge < -0.3 is 10.5 Å². The van der Waals surface area contributed by atoms with Gasteiger partial charge in [0, 0.05) is 22.2 Å². The molecule has 0 saturated carbocycles. The number of ether oxygens (including phenoxy) is 1. The van der Waals surface area contributed by atoms with E-state index in [0.717, 1.165) is 38.8 Å². The number of aromatic nitrogens is 1. The third-order valence-electron chi connectivity index (χ3n) is 3.42. The summed E-state index contributed by atoms with van der Waals surface area (Å²) >= 11 is 1.63. The van der Waals surface area contributed by atoms with Crippen LogP contribution in [0.2, 0.25) is 0 Å². The second kappa shape index (κ2) is 6.20. The van der Waals surface area contributed by atoms with E-state index in [-0.39, 0.29) is 0 Å². The monoisotopic (exact) mass is 310 g/mol. The number of hydrogen-bond acceptors (Lipinski definition) is 4. The maximum atomic E-state index is 5.85. The summed E-state index contributed by atoms with van der Waals surface area (Å²) in [5.41, 5.74) is 10.9. The quantitative estimate of drug-likeness (QED) is 0.706. The maximum absolute atomic E-state index is 5.85. The number of rotatable bonds is 4. The molecule has 3 rings (SSSR count). The summed E-state index contributed by atoms with van der Waals surface area (Å²) in [7, 11) is 0. The van der Waals surface area contributed by atoms with Gasteiger partial charge in [-0.3, -0.25) is 0 Å². The molecule has 0 fully saturated rings. The first-order valence-corrected chi connectivity index (χ1v) is 8.10. The Morgan fingerprint density at radius 1 is 1.18 bits per heavy atom. The third kappa shape index (κ3) is 2.97. The zero-order valence-electron chi connectivity index (χ0n) is 12.7.